The maximum absolute atomic E-state index is 13.4. The van der Waals surface area contributed by atoms with E-state index in [0.29, 0.717) is 35.4 Å². The molecule has 2 atom stereocenters. The van der Waals surface area contributed by atoms with E-state index in [2.05, 4.69) is 26.7 Å². The fourth-order valence-corrected chi connectivity index (χ4v) is 6.65. The first-order valence-electron chi connectivity index (χ1n) is 14.7. The summed E-state index contributed by atoms with van der Waals surface area (Å²) in [6, 6.07) is 14.0. The fraction of sp³-hybridized carbons (Fsp3) is 0.375. The normalized spacial score (nSPS) is 17.5. The van der Waals surface area contributed by atoms with Crippen LogP contribution < -0.4 is 10.6 Å². The zero-order chi connectivity index (χ0) is 32.4. The lowest BCUT2D eigenvalue weighted by Gasteiger charge is -2.35. The van der Waals surface area contributed by atoms with Crippen LogP contribution >= 0.6 is 0 Å². The number of hydrogen-bond donors (Lipinski definition) is 3. The number of aryl methyl sites for hydroxylation is 1. The van der Waals surface area contributed by atoms with E-state index in [0.717, 1.165) is 16.7 Å². The highest BCUT2D eigenvalue weighted by Gasteiger charge is 2.35. The van der Waals surface area contributed by atoms with Gasteiger partial charge in [0.1, 0.15) is 23.1 Å². The summed E-state index contributed by atoms with van der Waals surface area (Å²) in [4.78, 5) is 21.0. The Hall–Kier alpha value is -4.51. The Bertz CT molecular complexity index is 1830. The second-order valence-corrected chi connectivity index (χ2v) is 14.0. The number of hydrogen-bond acceptors (Lipinski definition) is 9. The molecule has 45 heavy (non-hydrogen) atoms. The third-order valence-corrected chi connectivity index (χ3v) is 9.35. The van der Waals surface area contributed by atoms with Crippen molar-refractivity contribution in [1.29, 1.82) is 5.26 Å². The molecule has 12 nitrogen and oxygen atoms in total. The standard InChI is InChI=1S/C32H37N7O5S/c1-21-5-10-29(35-17-21)37-27-11-13-39(20-28(27)40)45(42,43)25-8-6-22(7-9-25)23-15-26-24(16-33)19-38(30(26)36-18-23)14-12-34-31(41)44-32(2,3)4/h5-10,15,17-19,27-28,40H,11-14,20H2,1-4H3,(H,34,41)(H,35,37)/t27-,28+/m1/s1. The van der Waals surface area contributed by atoms with Crippen LogP contribution in [-0.4, -0.2) is 75.8 Å². The molecule has 1 fully saturated rings. The van der Waals surface area contributed by atoms with Crippen LogP contribution in [0.4, 0.5) is 10.6 Å². The van der Waals surface area contributed by atoms with E-state index in [9.17, 15) is 23.6 Å². The van der Waals surface area contributed by atoms with Crippen molar-refractivity contribution < 1.29 is 23.1 Å². The number of β-amino-alcohol motifs (C(OH)–C–C–N with tert-alkyl or cyclic N) is 1. The molecule has 0 saturated carbocycles. The molecule has 0 unspecified atom stereocenters. The number of amides is 1. The number of carbonyl (C=O) groups is 1. The van der Waals surface area contributed by atoms with E-state index in [1.54, 1.807) is 68.2 Å². The lowest BCUT2D eigenvalue weighted by atomic mass is 10.0. The van der Waals surface area contributed by atoms with Crippen molar-refractivity contribution in [1.82, 2.24) is 24.2 Å². The molecular weight excluding hydrogens is 594 g/mol. The number of sulfonamides is 1. The van der Waals surface area contributed by atoms with E-state index in [-0.39, 0.29) is 30.6 Å². The van der Waals surface area contributed by atoms with Crippen LogP contribution in [0.15, 0.2) is 66.0 Å². The molecule has 3 N–H and O–H groups in total. The van der Waals surface area contributed by atoms with E-state index in [1.807, 2.05) is 25.1 Å². The van der Waals surface area contributed by atoms with Gasteiger partial charge in [0, 0.05) is 55.7 Å². The molecule has 1 aliphatic rings. The van der Waals surface area contributed by atoms with E-state index >= 15 is 0 Å². The summed E-state index contributed by atoms with van der Waals surface area (Å²) in [5, 5.41) is 27.1. The van der Waals surface area contributed by atoms with Crippen LogP contribution in [-0.2, 0) is 21.3 Å². The topological polar surface area (TPSA) is 162 Å². The molecule has 0 bridgehead atoms. The maximum atomic E-state index is 13.4. The van der Waals surface area contributed by atoms with Crippen molar-refractivity contribution in [3.63, 3.8) is 0 Å². The highest BCUT2D eigenvalue weighted by atomic mass is 32.2. The Balaban J connectivity index is 1.26. The molecule has 1 amide bonds. The predicted octanol–water partition coefficient (Wildman–Crippen LogP) is 4.04. The monoisotopic (exact) mass is 631 g/mol. The molecule has 1 aromatic carbocycles. The summed E-state index contributed by atoms with van der Waals surface area (Å²) >= 11 is 0. The van der Waals surface area contributed by atoms with Crippen LogP contribution in [0.25, 0.3) is 22.2 Å². The third-order valence-electron chi connectivity index (χ3n) is 7.47. The molecule has 236 valence electrons. The number of benzene rings is 1. The van der Waals surface area contributed by atoms with Gasteiger partial charge in [-0.25, -0.2) is 23.2 Å². The number of carbonyl (C=O) groups excluding carboxylic acids is 1. The number of aliphatic hydroxyl groups excluding tert-OH is 1. The Labute approximate surface area is 262 Å². The van der Waals surface area contributed by atoms with Gasteiger partial charge in [0.05, 0.1) is 22.6 Å². The van der Waals surface area contributed by atoms with Gasteiger partial charge in [-0.15, -0.1) is 0 Å². The number of piperidine rings is 1. The van der Waals surface area contributed by atoms with Gasteiger partial charge >= 0.3 is 6.09 Å². The summed E-state index contributed by atoms with van der Waals surface area (Å²) in [5.74, 6) is 0.637. The summed E-state index contributed by atoms with van der Waals surface area (Å²) < 4.78 is 35.2. The van der Waals surface area contributed by atoms with Crippen LogP contribution in [0.2, 0.25) is 0 Å². The molecule has 5 rings (SSSR count). The Kier molecular flexibility index (Phi) is 9.11. The minimum absolute atomic E-state index is 0.0323. The third kappa shape index (κ3) is 7.42. The summed E-state index contributed by atoms with van der Waals surface area (Å²) in [7, 11) is -3.83. The molecule has 1 aliphatic heterocycles. The van der Waals surface area contributed by atoms with Crippen LogP contribution in [0.3, 0.4) is 0 Å². The first kappa shape index (κ1) is 31.9. The van der Waals surface area contributed by atoms with Gasteiger partial charge in [-0.05, 0) is 69.5 Å². The average Bonchev–Trinajstić information content (AvgIpc) is 3.35. The van der Waals surface area contributed by atoms with Crippen LogP contribution in [0.5, 0.6) is 0 Å². The van der Waals surface area contributed by atoms with Gasteiger partial charge in [0.25, 0.3) is 0 Å². The van der Waals surface area contributed by atoms with E-state index < -0.39 is 27.8 Å². The minimum Gasteiger partial charge on any atom is -0.444 e. The zero-order valence-corrected chi connectivity index (χ0v) is 26.5. The number of nitriles is 1. The largest absolute Gasteiger partial charge is 0.444 e. The van der Waals surface area contributed by atoms with Crippen LogP contribution in [0.1, 0.15) is 38.3 Å². The number of aliphatic hydroxyl groups is 1. The average molecular weight is 632 g/mol. The van der Waals surface area contributed by atoms with Gasteiger partial charge in [-0.2, -0.15) is 9.57 Å². The Morgan fingerprint density at radius 1 is 1.13 bits per heavy atom. The summed E-state index contributed by atoms with van der Waals surface area (Å²) in [5.41, 5.74) is 2.91. The molecule has 1 saturated heterocycles. The number of rotatable bonds is 8. The number of anilines is 1. The van der Waals surface area contributed by atoms with Crippen LogP contribution in [0, 0.1) is 18.3 Å². The predicted molar refractivity (Wildman–Crippen MR) is 170 cm³/mol. The van der Waals surface area contributed by atoms with Gasteiger partial charge < -0.3 is 25.0 Å². The van der Waals surface area contributed by atoms with E-state index in [1.165, 1.54) is 4.31 Å². The summed E-state index contributed by atoms with van der Waals surface area (Å²) in [6.45, 7) is 8.21. The second kappa shape index (κ2) is 12.8. The molecule has 0 aliphatic carbocycles. The van der Waals surface area contributed by atoms with Crippen molar-refractivity contribution in [2.24, 2.45) is 0 Å². The van der Waals surface area contributed by atoms with Crippen molar-refractivity contribution in [2.45, 2.75) is 63.3 Å². The van der Waals surface area contributed by atoms with Crippen molar-refractivity contribution in [2.75, 3.05) is 25.0 Å². The number of fused-ring (bicyclic) bond motifs is 1. The zero-order valence-electron chi connectivity index (χ0n) is 25.7. The molecule has 0 spiro atoms. The van der Waals surface area contributed by atoms with Gasteiger partial charge in [0.2, 0.25) is 10.0 Å². The van der Waals surface area contributed by atoms with Crippen molar-refractivity contribution in [3.8, 4) is 17.2 Å². The molecule has 4 aromatic rings. The molecule has 13 heteroatoms. The smallest absolute Gasteiger partial charge is 0.407 e. The minimum atomic E-state index is -3.83. The molecule has 4 heterocycles. The molecule has 0 radical (unpaired) electrons. The SMILES string of the molecule is Cc1ccc(N[C@@H]2CCN(S(=O)(=O)c3ccc(-c4cnc5c(c4)c(C#N)cn5CCNC(=O)OC(C)(C)C)cc3)C[C@@H]2O)nc1. The van der Waals surface area contributed by atoms with Gasteiger partial charge in [-0.3, -0.25) is 0 Å². The number of ether oxygens (including phenoxy) is 1. The number of alkyl carbamates (subject to hydrolysis) is 1. The molecule has 3 aromatic heterocycles. The number of aromatic nitrogens is 3. The first-order valence-corrected chi connectivity index (χ1v) is 16.1. The van der Waals surface area contributed by atoms with Crippen molar-refractivity contribution >= 4 is 33.0 Å². The van der Waals surface area contributed by atoms with Gasteiger partial charge in [0.15, 0.2) is 0 Å². The van der Waals surface area contributed by atoms with Gasteiger partial charge in [-0.1, -0.05) is 18.2 Å². The highest BCUT2D eigenvalue weighted by Crippen LogP contribution is 2.29. The van der Waals surface area contributed by atoms with Crippen molar-refractivity contribution in [3.05, 3.63) is 72.2 Å². The number of nitrogens with one attached hydrogen (secondary N) is 2. The summed E-state index contributed by atoms with van der Waals surface area (Å²) in [6.07, 6.45) is 4.11. The second-order valence-electron chi connectivity index (χ2n) is 12.1. The number of nitrogens with zero attached hydrogens (tertiary/aromatic N) is 5. The Morgan fingerprint density at radius 3 is 2.53 bits per heavy atom. The molecular formula is C32H37N7O5S. The number of pyridine rings is 2. The van der Waals surface area contributed by atoms with E-state index in [4.69, 9.17) is 4.74 Å². The first-order chi connectivity index (χ1) is 21.3. The lowest BCUT2D eigenvalue weighted by molar-refractivity contribution is 0.0526. The quantitative estimate of drug-likeness (QED) is 0.261. The Morgan fingerprint density at radius 2 is 1.89 bits per heavy atom. The maximum Gasteiger partial charge on any atom is 0.407 e. The fourth-order valence-electron chi connectivity index (χ4n) is 5.18. The highest BCUT2D eigenvalue weighted by molar-refractivity contribution is 7.89. The lowest BCUT2D eigenvalue weighted by Crippen LogP contribution is -2.51.